The van der Waals surface area contributed by atoms with Crippen LogP contribution >= 0.6 is 0 Å². The molecule has 1 aromatic carbocycles. The van der Waals surface area contributed by atoms with Crippen LogP contribution in [-0.2, 0) is 26.1 Å². The first-order valence-corrected chi connectivity index (χ1v) is 9.29. The van der Waals surface area contributed by atoms with Crippen LogP contribution in [0.2, 0.25) is 0 Å². The Hall–Kier alpha value is -1.48. The maximum Gasteiger partial charge on any atom is 0.221 e. The average Bonchev–Trinajstić information content (AvgIpc) is 2.55. The lowest BCUT2D eigenvalue weighted by Crippen LogP contribution is -2.44. The van der Waals surface area contributed by atoms with Crippen LogP contribution < -0.4 is 15.4 Å². The van der Waals surface area contributed by atoms with E-state index in [1.807, 2.05) is 30.3 Å². The fraction of sp³-hybridized carbons (Fsp3) is 0.533. The molecule has 2 rings (SSSR count). The van der Waals surface area contributed by atoms with Crippen molar-refractivity contribution in [1.29, 1.82) is 0 Å². The second kappa shape index (κ2) is 8.97. The number of sulfonamides is 1. The van der Waals surface area contributed by atoms with Gasteiger partial charge in [-0.15, -0.1) is 0 Å². The van der Waals surface area contributed by atoms with Crippen molar-refractivity contribution in [2.24, 2.45) is 0 Å². The van der Waals surface area contributed by atoms with Crippen molar-refractivity contribution in [2.75, 3.05) is 32.1 Å². The maximum absolute atomic E-state index is 11.9. The Kier molecular flexibility index (Phi) is 6.97. The third kappa shape index (κ3) is 7.08. The number of nitrogens with one attached hydrogen (secondary N) is 3. The molecular weight excluding hydrogens is 318 g/mol. The number of rotatable bonds is 8. The number of hydrogen-bond donors (Lipinski definition) is 3. The molecule has 0 radical (unpaired) electrons. The van der Waals surface area contributed by atoms with E-state index in [1.165, 1.54) is 0 Å². The molecule has 0 saturated carbocycles. The third-order valence-corrected chi connectivity index (χ3v) is 4.79. The van der Waals surface area contributed by atoms with Crippen LogP contribution in [0.1, 0.15) is 12.0 Å². The molecule has 0 aliphatic carbocycles. The largest absolute Gasteiger partial charge is 0.378 e. The van der Waals surface area contributed by atoms with Gasteiger partial charge in [-0.25, -0.2) is 13.1 Å². The second-order valence-corrected chi connectivity index (χ2v) is 7.33. The first-order chi connectivity index (χ1) is 11.1. The molecule has 0 aromatic heterocycles. The van der Waals surface area contributed by atoms with E-state index in [0.717, 1.165) is 12.1 Å². The highest BCUT2D eigenvalue weighted by molar-refractivity contribution is 7.89. The SMILES string of the molecule is O=C(CC1COCCN1)NCCS(=O)(=O)NCc1ccccc1. The van der Waals surface area contributed by atoms with Gasteiger partial charge in [0.2, 0.25) is 15.9 Å². The van der Waals surface area contributed by atoms with Crippen molar-refractivity contribution in [3.8, 4) is 0 Å². The van der Waals surface area contributed by atoms with Gasteiger partial charge in [0.1, 0.15) is 0 Å². The molecule has 1 amide bonds. The van der Waals surface area contributed by atoms with Gasteiger partial charge >= 0.3 is 0 Å². The number of carbonyl (C=O) groups excluding carboxylic acids is 1. The number of benzene rings is 1. The van der Waals surface area contributed by atoms with Gasteiger partial charge in [0.15, 0.2) is 0 Å². The molecule has 0 bridgehead atoms. The quantitative estimate of drug-likeness (QED) is 0.598. The van der Waals surface area contributed by atoms with Gasteiger partial charge < -0.3 is 15.4 Å². The topological polar surface area (TPSA) is 96.5 Å². The molecular formula is C15H23N3O4S. The third-order valence-electron chi connectivity index (χ3n) is 3.46. The molecule has 1 unspecified atom stereocenters. The zero-order valence-electron chi connectivity index (χ0n) is 13.0. The predicted molar refractivity (Wildman–Crippen MR) is 87.3 cm³/mol. The minimum absolute atomic E-state index is 0.00318. The fourth-order valence-electron chi connectivity index (χ4n) is 2.23. The first-order valence-electron chi connectivity index (χ1n) is 7.64. The molecule has 128 valence electrons. The van der Waals surface area contributed by atoms with Crippen molar-refractivity contribution in [3.63, 3.8) is 0 Å². The highest BCUT2D eigenvalue weighted by Crippen LogP contribution is 1.99. The van der Waals surface area contributed by atoms with E-state index < -0.39 is 10.0 Å². The molecule has 1 aliphatic rings. The summed E-state index contributed by atoms with van der Waals surface area (Å²) < 4.78 is 31.5. The van der Waals surface area contributed by atoms with Gasteiger partial charge in [0, 0.05) is 32.1 Å². The van der Waals surface area contributed by atoms with E-state index in [0.29, 0.717) is 13.2 Å². The van der Waals surface area contributed by atoms with Crippen LogP contribution in [0, 0.1) is 0 Å². The summed E-state index contributed by atoms with van der Waals surface area (Å²) in [6, 6.07) is 9.28. The molecule has 8 heteroatoms. The smallest absolute Gasteiger partial charge is 0.221 e. The molecule has 1 aromatic rings. The van der Waals surface area contributed by atoms with Crippen LogP contribution in [0.15, 0.2) is 30.3 Å². The average molecular weight is 341 g/mol. The number of hydrogen-bond acceptors (Lipinski definition) is 5. The van der Waals surface area contributed by atoms with Gasteiger partial charge in [-0.1, -0.05) is 30.3 Å². The number of amides is 1. The Labute approximate surface area is 136 Å². The Bertz CT molecular complexity index is 586. The fourth-order valence-corrected chi connectivity index (χ4v) is 3.13. The van der Waals surface area contributed by atoms with Gasteiger partial charge in [-0.3, -0.25) is 4.79 Å². The Balaban J connectivity index is 1.64. The summed E-state index contributed by atoms with van der Waals surface area (Å²) in [6.07, 6.45) is 0.289. The van der Waals surface area contributed by atoms with E-state index in [4.69, 9.17) is 4.74 Å². The molecule has 1 fully saturated rings. The maximum atomic E-state index is 11.9. The monoisotopic (exact) mass is 341 g/mol. The molecule has 1 aliphatic heterocycles. The Morgan fingerprint density at radius 3 is 2.78 bits per heavy atom. The molecule has 1 saturated heterocycles. The predicted octanol–water partition coefficient (Wildman–Crippen LogP) is -0.399. The van der Waals surface area contributed by atoms with Crippen LogP contribution in [0.25, 0.3) is 0 Å². The van der Waals surface area contributed by atoms with Gasteiger partial charge in [-0.05, 0) is 5.56 Å². The van der Waals surface area contributed by atoms with Crippen molar-refractivity contribution in [1.82, 2.24) is 15.4 Å². The van der Waals surface area contributed by atoms with E-state index in [2.05, 4.69) is 15.4 Å². The number of morpholine rings is 1. The molecule has 3 N–H and O–H groups in total. The summed E-state index contributed by atoms with van der Waals surface area (Å²) in [5.74, 6) is -0.313. The number of carbonyl (C=O) groups is 1. The highest BCUT2D eigenvalue weighted by Gasteiger charge is 2.17. The summed E-state index contributed by atoms with van der Waals surface area (Å²) in [4.78, 5) is 11.8. The van der Waals surface area contributed by atoms with Crippen LogP contribution in [-0.4, -0.2) is 52.4 Å². The van der Waals surface area contributed by atoms with E-state index in [-0.39, 0.29) is 37.2 Å². The minimum Gasteiger partial charge on any atom is -0.378 e. The summed E-state index contributed by atoms with van der Waals surface area (Å²) in [6.45, 7) is 2.24. The molecule has 1 heterocycles. The number of ether oxygens (including phenoxy) is 1. The van der Waals surface area contributed by atoms with Crippen molar-refractivity contribution in [2.45, 2.75) is 19.0 Å². The summed E-state index contributed by atoms with van der Waals surface area (Å²) in [5, 5.41) is 5.81. The van der Waals surface area contributed by atoms with Crippen LogP contribution in [0.5, 0.6) is 0 Å². The lowest BCUT2D eigenvalue weighted by Gasteiger charge is -2.23. The molecule has 1 atom stereocenters. The molecule has 7 nitrogen and oxygen atoms in total. The van der Waals surface area contributed by atoms with Gasteiger partial charge in [0.05, 0.1) is 19.0 Å². The zero-order valence-corrected chi connectivity index (χ0v) is 13.8. The lowest BCUT2D eigenvalue weighted by atomic mass is 10.2. The van der Waals surface area contributed by atoms with E-state index in [1.54, 1.807) is 0 Å². The van der Waals surface area contributed by atoms with Crippen molar-refractivity contribution in [3.05, 3.63) is 35.9 Å². The molecule has 0 spiro atoms. The van der Waals surface area contributed by atoms with Gasteiger partial charge in [0.25, 0.3) is 0 Å². The standard InChI is InChI=1S/C15H23N3O4S/c19-15(10-14-12-22-8-6-16-14)17-7-9-23(20,21)18-11-13-4-2-1-3-5-13/h1-5,14,16,18H,6-12H2,(H,17,19). The summed E-state index contributed by atoms with van der Waals surface area (Å²) >= 11 is 0. The Morgan fingerprint density at radius 2 is 2.09 bits per heavy atom. The lowest BCUT2D eigenvalue weighted by molar-refractivity contribution is -0.122. The second-order valence-electron chi connectivity index (χ2n) is 5.41. The first kappa shape index (κ1) is 17.9. The Morgan fingerprint density at radius 1 is 1.30 bits per heavy atom. The van der Waals surface area contributed by atoms with Crippen molar-refractivity contribution >= 4 is 15.9 Å². The van der Waals surface area contributed by atoms with E-state index in [9.17, 15) is 13.2 Å². The van der Waals surface area contributed by atoms with Crippen LogP contribution in [0.4, 0.5) is 0 Å². The zero-order chi connectivity index (χ0) is 16.5. The minimum atomic E-state index is -3.41. The molecule has 23 heavy (non-hydrogen) atoms. The highest BCUT2D eigenvalue weighted by atomic mass is 32.2. The van der Waals surface area contributed by atoms with Crippen molar-refractivity contribution < 1.29 is 17.9 Å². The summed E-state index contributed by atoms with van der Waals surface area (Å²) in [5.41, 5.74) is 0.892. The van der Waals surface area contributed by atoms with E-state index >= 15 is 0 Å². The van der Waals surface area contributed by atoms with Gasteiger partial charge in [-0.2, -0.15) is 0 Å². The normalized spacial score (nSPS) is 18.5. The van der Waals surface area contributed by atoms with Crippen LogP contribution in [0.3, 0.4) is 0 Å². The summed E-state index contributed by atoms with van der Waals surface area (Å²) in [7, 11) is -3.41.